The molecule has 0 aliphatic carbocycles. The predicted octanol–water partition coefficient (Wildman–Crippen LogP) is 1.34. The van der Waals surface area contributed by atoms with Crippen molar-refractivity contribution < 1.29 is 29.3 Å². The molecule has 0 aromatic heterocycles. The molecule has 7 heteroatoms. The highest BCUT2D eigenvalue weighted by Crippen LogP contribution is 2.42. The van der Waals surface area contributed by atoms with Crippen molar-refractivity contribution >= 4 is 20.0 Å². The summed E-state index contributed by atoms with van der Waals surface area (Å²) < 4.78 is 11.4. The molecule has 0 fully saturated rings. The summed E-state index contributed by atoms with van der Waals surface area (Å²) in [5.41, 5.74) is -2.78. The van der Waals surface area contributed by atoms with E-state index in [0.29, 0.717) is 5.56 Å². The number of carboxylic acids is 2. The fraction of sp³-hybridized carbons (Fsp3) is 0.333. The highest BCUT2D eigenvalue weighted by molar-refractivity contribution is 7.39. The summed E-state index contributed by atoms with van der Waals surface area (Å²) in [6.45, 7) is 1.27. The number of carbonyl (C=O) groups is 2. The first kappa shape index (κ1) is 15.4. The number of aliphatic carboxylic acids is 2. The molecule has 0 saturated heterocycles. The van der Waals surface area contributed by atoms with Crippen LogP contribution in [0.3, 0.4) is 0 Å². The van der Waals surface area contributed by atoms with Gasteiger partial charge in [0, 0.05) is 0 Å². The van der Waals surface area contributed by atoms with Gasteiger partial charge in [-0.3, -0.25) is 14.2 Å². The monoisotopic (exact) mass is 286 g/mol. The van der Waals surface area contributed by atoms with Gasteiger partial charge in [0.25, 0.3) is 0 Å². The minimum atomic E-state index is -3.33. The minimum absolute atomic E-state index is 0.307. The van der Waals surface area contributed by atoms with Crippen LogP contribution < -0.4 is 0 Å². The van der Waals surface area contributed by atoms with E-state index in [9.17, 15) is 24.2 Å². The third-order valence-corrected chi connectivity index (χ3v) is 4.57. The topological polar surface area (TPSA) is 112 Å². The van der Waals surface area contributed by atoms with Crippen LogP contribution in [0.25, 0.3) is 0 Å². The minimum Gasteiger partial charge on any atom is -0.481 e. The second-order valence-electron chi connectivity index (χ2n) is 4.36. The van der Waals surface area contributed by atoms with E-state index in [1.807, 2.05) is 0 Å². The van der Waals surface area contributed by atoms with E-state index in [1.165, 1.54) is 19.1 Å². The van der Waals surface area contributed by atoms with E-state index in [2.05, 4.69) is 0 Å². The van der Waals surface area contributed by atoms with E-state index < -0.39 is 37.5 Å². The van der Waals surface area contributed by atoms with Gasteiger partial charge in [-0.05, 0) is 12.5 Å². The quantitative estimate of drug-likeness (QED) is 0.680. The molecule has 1 rings (SSSR count). The van der Waals surface area contributed by atoms with E-state index in [-0.39, 0.29) is 0 Å². The third-order valence-electron chi connectivity index (χ3n) is 3.19. The maximum atomic E-state index is 11.5. The summed E-state index contributed by atoms with van der Waals surface area (Å²) >= 11 is 0. The summed E-state index contributed by atoms with van der Waals surface area (Å²) in [6.07, 6.45) is -0.675. The maximum absolute atomic E-state index is 11.5. The molecular weight excluding hydrogens is 271 g/mol. The Hall–Kier alpha value is -1.65. The van der Waals surface area contributed by atoms with Gasteiger partial charge in [0.1, 0.15) is 5.41 Å². The van der Waals surface area contributed by atoms with Crippen LogP contribution >= 0.6 is 8.03 Å². The van der Waals surface area contributed by atoms with Crippen molar-refractivity contribution in [1.29, 1.82) is 0 Å². The number of carboxylic acid groups (broad SMARTS) is 2. The lowest BCUT2D eigenvalue weighted by Crippen LogP contribution is -2.43. The van der Waals surface area contributed by atoms with Crippen LogP contribution in [0.5, 0.6) is 0 Å². The van der Waals surface area contributed by atoms with Gasteiger partial charge in [-0.25, -0.2) is 0 Å². The van der Waals surface area contributed by atoms with Crippen molar-refractivity contribution in [2.75, 3.05) is 0 Å². The van der Waals surface area contributed by atoms with Crippen molar-refractivity contribution in [1.82, 2.24) is 0 Å². The Morgan fingerprint density at radius 1 is 1.26 bits per heavy atom. The molecule has 0 spiro atoms. The molecule has 0 aliphatic heterocycles. The Bertz CT molecular complexity index is 500. The second kappa shape index (κ2) is 5.99. The molecule has 0 saturated carbocycles. The summed E-state index contributed by atoms with van der Waals surface area (Å²) in [4.78, 5) is 31.6. The zero-order valence-electron chi connectivity index (χ0n) is 10.2. The molecule has 104 valence electrons. The smallest absolute Gasteiger partial charge is 0.314 e. The van der Waals surface area contributed by atoms with Crippen LogP contribution in [0.15, 0.2) is 30.3 Å². The molecule has 0 aliphatic rings. The SMILES string of the molecule is CC(C(=O)O)(c1ccccc1)C(CC(=O)O)[PH](=O)O. The Morgan fingerprint density at radius 2 is 1.79 bits per heavy atom. The second-order valence-corrected chi connectivity index (χ2v) is 5.74. The first-order chi connectivity index (χ1) is 8.80. The number of rotatable bonds is 6. The van der Waals surface area contributed by atoms with Gasteiger partial charge >= 0.3 is 11.9 Å². The fourth-order valence-electron chi connectivity index (χ4n) is 1.97. The van der Waals surface area contributed by atoms with Gasteiger partial charge in [0.05, 0.1) is 12.1 Å². The van der Waals surface area contributed by atoms with Crippen LogP contribution in [0.4, 0.5) is 0 Å². The van der Waals surface area contributed by atoms with Gasteiger partial charge in [0.2, 0.25) is 0 Å². The fourth-order valence-corrected chi connectivity index (χ4v) is 3.10. The lowest BCUT2D eigenvalue weighted by molar-refractivity contribution is -0.144. The molecule has 0 radical (unpaired) electrons. The molecule has 1 aromatic carbocycles. The molecule has 19 heavy (non-hydrogen) atoms. The molecule has 0 amide bonds. The van der Waals surface area contributed by atoms with Crippen molar-refractivity contribution in [2.45, 2.75) is 24.4 Å². The van der Waals surface area contributed by atoms with E-state index >= 15 is 0 Å². The predicted molar refractivity (Wildman–Crippen MR) is 68.7 cm³/mol. The Kier molecular flexibility index (Phi) is 4.86. The number of hydrogen-bond acceptors (Lipinski definition) is 3. The van der Waals surface area contributed by atoms with Crippen molar-refractivity contribution in [2.24, 2.45) is 0 Å². The van der Waals surface area contributed by atoms with Crippen LogP contribution in [0.1, 0.15) is 18.9 Å². The van der Waals surface area contributed by atoms with Gasteiger partial charge in [-0.1, -0.05) is 30.3 Å². The number of hydrogen-bond donors (Lipinski definition) is 3. The first-order valence-electron chi connectivity index (χ1n) is 5.53. The van der Waals surface area contributed by atoms with E-state index in [0.717, 1.165) is 0 Å². The molecule has 0 heterocycles. The largest absolute Gasteiger partial charge is 0.481 e. The van der Waals surface area contributed by atoms with E-state index in [4.69, 9.17) is 5.11 Å². The highest BCUT2D eigenvalue weighted by Gasteiger charge is 2.46. The van der Waals surface area contributed by atoms with Crippen molar-refractivity contribution in [3.8, 4) is 0 Å². The molecule has 0 bridgehead atoms. The standard InChI is InChI=1S/C12H15O6P/c1-12(11(15)16,8-5-3-2-4-6-8)9(19(17)18)7-10(13)14/h2-6,9,19H,7H2,1H3,(H,13,14)(H,15,16)(H,17,18). The van der Waals surface area contributed by atoms with Gasteiger partial charge < -0.3 is 15.1 Å². The zero-order valence-corrected chi connectivity index (χ0v) is 11.2. The Labute approximate surface area is 110 Å². The van der Waals surface area contributed by atoms with Crippen LogP contribution in [-0.4, -0.2) is 32.7 Å². The molecular formula is C12H15O6P. The first-order valence-corrected chi connectivity index (χ1v) is 6.97. The lowest BCUT2D eigenvalue weighted by Gasteiger charge is -2.31. The normalized spacial score (nSPS) is 17.2. The van der Waals surface area contributed by atoms with Crippen LogP contribution in [-0.2, 0) is 19.6 Å². The summed E-state index contributed by atoms with van der Waals surface area (Å²) in [5.74, 6) is -2.63. The van der Waals surface area contributed by atoms with Crippen LogP contribution in [0.2, 0.25) is 0 Å². The Balaban J connectivity index is 3.35. The average Bonchev–Trinajstić information content (AvgIpc) is 2.35. The summed E-state index contributed by atoms with van der Waals surface area (Å²) in [7, 11) is -3.33. The summed E-state index contributed by atoms with van der Waals surface area (Å²) in [6, 6.07) is 7.90. The molecule has 1 aromatic rings. The van der Waals surface area contributed by atoms with E-state index in [1.54, 1.807) is 18.2 Å². The Morgan fingerprint density at radius 3 is 2.16 bits per heavy atom. The molecule has 3 atom stereocenters. The zero-order chi connectivity index (χ0) is 14.6. The van der Waals surface area contributed by atoms with Crippen LogP contribution in [0, 0.1) is 0 Å². The van der Waals surface area contributed by atoms with Gasteiger partial charge in [-0.15, -0.1) is 0 Å². The lowest BCUT2D eigenvalue weighted by atomic mass is 9.78. The van der Waals surface area contributed by atoms with Crippen molar-refractivity contribution in [3.05, 3.63) is 35.9 Å². The third kappa shape index (κ3) is 3.22. The van der Waals surface area contributed by atoms with Gasteiger partial charge in [-0.2, -0.15) is 0 Å². The number of benzene rings is 1. The molecule has 3 N–H and O–H groups in total. The molecule has 3 unspecified atom stereocenters. The average molecular weight is 286 g/mol. The summed E-state index contributed by atoms with van der Waals surface area (Å²) in [5, 5.41) is 18.2. The highest BCUT2D eigenvalue weighted by atomic mass is 31.1. The maximum Gasteiger partial charge on any atom is 0.314 e. The molecule has 6 nitrogen and oxygen atoms in total. The van der Waals surface area contributed by atoms with Gasteiger partial charge in [0.15, 0.2) is 8.03 Å². The van der Waals surface area contributed by atoms with Crippen molar-refractivity contribution in [3.63, 3.8) is 0 Å².